The molecule has 0 aliphatic carbocycles. The van der Waals surface area contributed by atoms with Crippen molar-refractivity contribution in [1.82, 2.24) is 9.97 Å². The van der Waals surface area contributed by atoms with Crippen molar-refractivity contribution < 1.29 is 37.9 Å². The largest absolute Gasteiger partial charge is 0.379 e. The molecule has 4 bridgehead atoms. The maximum Gasteiger partial charge on any atom is 0.0889 e. The average Bonchev–Trinajstić information content (AvgIpc) is 3.02. The number of aryl methyl sites for hydroxylation is 2. The lowest BCUT2D eigenvalue weighted by Crippen LogP contribution is -2.12. The second-order valence-electron chi connectivity index (χ2n) is 9.53. The van der Waals surface area contributed by atoms with Crippen LogP contribution in [0.1, 0.15) is 24.2 Å². The molecule has 0 aromatic carbocycles. The summed E-state index contributed by atoms with van der Waals surface area (Å²) in [5.74, 6) is 0. The van der Waals surface area contributed by atoms with Gasteiger partial charge in [0.1, 0.15) is 0 Å². The van der Waals surface area contributed by atoms with Crippen molar-refractivity contribution in [2.75, 3.05) is 106 Å². The predicted octanol–water partition coefficient (Wildman–Crippen LogP) is 3.71. The number of pyridine rings is 2. The van der Waals surface area contributed by atoms with E-state index < -0.39 is 0 Å². The molecule has 10 nitrogen and oxygen atoms in total. The molecule has 42 heavy (non-hydrogen) atoms. The van der Waals surface area contributed by atoms with Crippen molar-refractivity contribution in [2.45, 2.75) is 25.7 Å². The van der Waals surface area contributed by atoms with Gasteiger partial charge in [-0.15, -0.1) is 0 Å². The standard InChI is InChI=1S/C32H48N2O8/c1-2-14-36-18-22-40-26-28-42-24-20-38-16-6-10-30-8-4-12-32(34-30)31-11-3-7-29(33-31)9-5-15-37-19-23-41-27-25-39-21-17-35-13-1/h1-4,7-8,11-12H,5-6,9-10,13-28H2. The van der Waals surface area contributed by atoms with E-state index >= 15 is 0 Å². The summed E-state index contributed by atoms with van der Waals surface area (Å²) in [7, 11) is 0. The molecule has 0 amide bonds. The van der Waals surface area contributed by atoms with E-state index in [1.807, 2.05) is 36.4 Å². The van der Waals surface area contributed by atoms with Crippen LogP contribution < -0.4 is 0 Å². The number of nitrogens with zero attached hydrogens (tertiary/aromatic N) is 2. The SMILES string of the molecule is C1=CCOCCOCCOCCOCCCc2cccc(n2)-c2cccc(n2)CCCOCCOCCOCCOC1. The molecule has 0 spiro atoms. The van der Waals surface area contributed by atoms with Crippen LogP contribution in [-0.2, 0) is 50.7 Å². The van der Waals surface area contributed by atoms with Crippen LogP contribution in [0.2, 0.25) is 0 Å². The number of rotatable bonds is 0. The molecule has 1 aliphatic rings. The lowest BCUT2D eigenvalue weighted by Gasteiger charge is -2.09. The highest BCUT2D eigenvalue weighted by Gasteiger charge is 2.05. The zero-order valence-electron chi connectivity index (χ0n) is 24.9. The van der Waals surface area contributed by atoms with E-state index in [0.29, 0.717) is 106 Å². The van der Waals surface area contributed by atoms with Crippen molar-refractivity contribution in [2.24, 2.45) is 0 Å². The van der Waals surface area contributed by atoms with E-state index in [1.165, 1.54) is 0 Å². The van der Waals surface area contributed by atoms with Crippen LogP contribution in [0.5, 0.6) is 0 Å². The van der Waals surface area contributed by atoms with Crippen molar-refractivity contribution in [3.8, 4) is 11.4 Å². The van der Waals surface area contributed by atoms with Gasteiger partial charge in [0.25, 0.3) is 0 Å². The minimum absolute atomic E-state index is 0.532. The number of ether oxygens (including phenoxy) is 8. The molecule has 3 heterocycles. The minimum atomic E-state index is 0.532. The molecular weight excluding hydrogens is 540 g/mol. The molecule has 0 atom stereocenters. The smallest absolute Gasteiger partial charge is 0.0889 e. The summed E-state index contributed by atoms with van der Waals surface area (Å²) >= 11 is 0. The first kappa shape index (κ1) is 34.2. The molecule has 0 fully saturated rings. The molecule has 0 saturated carbocycles. The summed E-state index contributed by atoms with van der Waals surface area (Å²) in [6.07, 6.45) is 7.37. The zero-order chi connectivity index (χ0) is 29.2. The molecule has 234 valence electrons. The van der Waals surface area contributed by atoms with Gasteiger partial charge in [-0.1, -0.05) is 24.3 Å². The molecule has 2 aromatic heterocycles. The fourth-order valence-corrected chi connectivity index (χ4v) is 3.99. The van der Waals surface area contributed by atoms with Crippen LogP contribution in [0.3, 0.4) is 0 Å². The van der Waals surface area contributed by atoms with Gasteiger partial charge >= 0.3 is 0 Å². The molecular formula is C32H48N2O8. The summed E-state index contributed by atoms with van der Waals surface area (Å²) < 4.78 is 44.6. The van der Waals surface area contributed by atoms with Crippen LogP contribution in [0.4, 0.5) is 0 Å². The summed E-state index contributed by atoms with van der Waals surface area (Å²) in [5, 5.41) is 0. The minimum Gasteiger partial charge on any atom is -0.379 e. The molecule has 10 heteroatoms. The first-order valence-corrected chi connectivity index (χ1v) is 15.1. The summed E-state index contributed by atoms with van der Waals surface area (Å²) in [6.45, 7) is 8.93. The van der Waals surface area contributed by atoms with Gasteiger partial charge in [0, 0.05) is 24.6 Å². The van der Waals surface area contributed by atoms with E-state index in [2.05, 4.69) is 12.1 Å². The van der Waals surface area contributed by atoms with Gasteiger partial charge in [-0.3, -0.25) is 9.97 Å². The fraction of sp³-hybridized carbons (Fsp3) is 0.625. The second-order valence-corrected chi connectivity index (χ2v) is 9.53. The Kier molecular flexibility index (Phi) is 19.7. The predicted molar refractivity (Wildman–Crippen MR) is 160 cm³/mol. The lowest BCUT2D eigenvalue weighted by atomic mass is 10.1. The Morgan fingerprint density at radius 3 is 1.10 bits per heavy atom. The third-order valence-corrected chi connectivity index (χ3v) is 6.15. The Labute approximate surface area is 250 Å². The van der Waals surface area contributed by atoms with Gasteiger partial charge in [0.2, 0.25) is 0 Å². The van der Waals surface area contributed by atoms with Crippen LogP contribution in [-0.4, -0.2) is 116 Å². The Morgan fingerprint density at radius 2 is 0.714 bits per heavy atom. The van der Waals surface area contributed by atoms with Gasteiger partial charge in [0.05, 0.1) is 104 Å². The van der Waals surface area contributed by atoms with E-state index in [4.69, 9.17) is 47.9 Å². The first-order valence-electron chi connectivity index (χ1n) is 15.1. The Bertz CT molecular complexity index is 886. The Morgan fingerprint density at radius 1 is 0.381 bits per heavy atom. The highest BCUT2D eigenvalue weighted by molar-refractivity contribution is 5.54. The lowest BCUT2D eigenvalue weighted by molar-refractivity contribution is -0.0000633. The van der Waals surface area contributed by atoms with Crippen LogP contribution in [0.15, 0.2) is 48.6 Å². The Hall–Kier alpha value is -2.28. The highest BCUT2D eigenvalue weighted by Crippen LogP contribution is 2.16. The quantitative estimate of drug-likeness (QED) is 0.424. The van der Waals surface area contributed by atoms with Crippen LogP contribution in [0.25, 0.3) is 11.4 Å². The maximum absolute atomic E-state index is 5.71. The average molecular weight is 589 g/mol. The van der Waals surface area contributed by atoms with Crippen LogP contribution in [0, 0.1) is 0 Å². The molecule has 1 aliphatic heterocycles. The monoisotopic (exact) mass is 588 g/mol. The summed E-state index contributed by atoms with van der Waals surface area (Å²) in [4.78, 5) is 9.66. The molecule has 0 N–H and O–H groups in total. The number of hydrogen-bond acceptors (Lipinski definition) is 10. The van der Waals surface area contributed by atoms with Gasteiger partial charge in [-0.2, -0.15) is 0 Å². The van der Waals surface area contributed by atoms with E-state index in [9.17, 15) is 0 Å². The summed E-state index contributed by atoms with van der Waals surface area (Å²) in [6, 6.07) is 12.2. The fourth-order valence-electron chi connectivity index (χ4n) is 3.99. The van der Waals surface area contributed by atoms with Crippen molar-refractivity contribution in [3.05, 3.63) is 59.9 Å². The van der Waals surface area contributed by atoms with Gasteiger partial charge in [-0.25, -0.2) is 0 Å². The normalized spacial score (nSPS) is 20.0. The van der Waals surface area contributed by atoms with E-state index in [1.54, 1.807) is 0 Å². The molecule has 0 saturated heterocycles. The van der Waals surface area contributed by atoms with Crippen molar-refractivity contribution in [3.63, 3.8) is 0 Å². The second kappa shape index (κ2) is 24.2. The van der Waals surface area contributed by atoms with Crippen LogP contribution >= 0.6 is 0 Å². The molecule has 3 rings (SSSR count). The number of fused-ring (bicyclic) bond motifs is 5. The summed E-state index contributed by atoms with van der Waals surface area (Å²) in [5.41, 5.74) is 3.86. The third-order valence-electron chi connectivity index (χ3n) is 6.15. The topological polar surface area (TPSA) is 99.6 Å². The van der Waals surface area contributed by atoms with Crippen molar-refractivity contribution >= 4 is 0 Å². The third kappa shape index (κ3) is 17.0. The molecule has 2 aromatic rings. The van der Waals surface area contributed by atoms with Gasteiger partial charge in [-0.05, 0) is 49.9 Å². The van der Waals surface area contributed by atoms with E-state index in [-0.39, 0.29) is 0 Å². The zero-order valence-corrected chi connectivity index (χ0v) is 24.9. The van der Waals surface area contributed by atoms with Gasteiger partial charge in [0.15, 0.2) is 0 Å². The molecule has 0 radical (unpaired) electrons. The maximum atomic E-state index is 5.71. The van der Waals surface area contributed by atoms with Crippen molar-refractivity contribution in [1.29, 1.82) is 0 Å². The first-order chi connectivity index (χ1) is 20.9. The number of hydrogen-bond donors (Lipinski definition) is 0. The molecule has 0 unspecified atom stereocenters. The van der Waals surface area contributed by atoms with E-state index in [0.717, 1.165) is 48.5 Å². The Balaban J connectivity index is 1.37. The number of aromatic nitrogens is 2. The van der Waals surface area contributed by atoms with Gasteiger partial charge < -0.3 is 37.9 Å². The highest BCUT2D eigenvalue weighted by atomic mass is 16.6.